The number of anilines is 1. The van der Waals surface area contributed by atoms with Gasteiger partial charge in [-0.2, -0.15) is 0 Å². The fourth-order valence-corrected chi connectivity index (χ4v) is 2.45. The van der Waals surface area contributed by atoms with Gasteiger partial charge in [-0.15, -0.1) is 0 Å². The largest absolute Gasteiger partial charge is 0.322 e. The molecule has 2 amide bonds. The molecule has 1 saturated heterocycles. The smallest absolute Gasteiger partial charge is 0.322 e. The highest BCUT2D eigenvalue weighted by Gasteiger charge is 2.25. The van der Waals surface area contributed by atoms with Crippen LogP contribution in [0.4, 0.5) is 14.9 Å². The standard InChI is InChI=1S/C14H19FN2O/c1-2-13-8-3-4-9-17(13)14(18)16-12-7-5-6-11(15)10-12/h5-7,10,13H,2-4,8-9H2,1H3,(H,16,18). The van der Waals surface area contributed by atoms with Gasteiger partial charge in [-0.05, 0) is 43.9 Å². The summed E-state index contributed by atoms with van der Waals surface area (Å²) >= 11 is 0. The van der Waals surface area contributed by atoms with Gasteiger partial charge >= 0.3 is 6.03 Å². The Morgan fingerprint density at radius 3 is 3.06 bits per heavy atom. The molecule has 98 valence electrons. The van der Waals surface area contributed by atoms with Crippen LogP contribution in [0.15, 0.2) is 24.3 Å². The Morgan fingerprint density at radius 2 is 2.33 bits per heavy atom. The maximum Gasteiger partial charge on any atom is 0.322 e. The highest BCUT2D eigenvalue weighted by molar-refractivity contribution is 5.89. The molecule has 18 heavy (non-hydrogen) atoms. The van der Waals surface area contributed by atoms with E-state index in [9.17, 15) is 9.18 Å². The molecule has 0 spiro atoms. The molecule has 2 rings (SSSR count). The van der Waals surface area contributed by atoms with Crippen molar-refractivity contribution in [2.24, 2.45) is 0 Å². The zero-order valence-electron chi connectivity index (χ0n) is 10.7. The average molecular weight is 250 g/mol. The zero-order valence-corrected chi connectivity index (χ0v) is 10.7. The maximum atomic E-state index is 13.0. The molecule has 0 saturated carbocycles. The van der Waals surface area contributed by atoms with Crippen molar-refractivity contribution in [3.8, 4) is 0 Å². The molecular formula is C14H19FN2O. The number of rotatable bonds is 2. The lowest BCUT2D eigenvalue weighted by molar-refractivity contribution is 0.160. The van der Waals surface area contributed by atoms with E-state index in [4.69, 9.17) is 0 Å². The summed E-state index contributed by atoms with van der Waals surface area (Å²) in [6.07, 6.45) is 4.26. The van der Waals surface area contributed by atoms with E-state index in [1.165, 1.54) is 18.6 Å². The molecule has 1 fully saturated rings. The van der Waals surface area contributed by atoms with Crippen molar-refractivity contribution in [2.45, 2.75) is 38.6 Å². The molecule has 1 unspecified atom stereocenters. The van der Waals surface area contributed by atoms with E-state index in [1.807, 2.05) is 4.90 Å². The number of piperidine rings is 1. The number of carbonyl (C=O) groups excluding carboxylic acids is 1. The van der Waals surface area contributed by atoms with E-state index < -0.39 is 0 Å². The molecule has 1 N–H and O–H groups in total. The van der Waals surface area contributed by atoms with E-state index in [-0.39, 0.29) is 11.8 Å². The Balaban J connectivity index is 2.02. The Bertz CT molecular complexity index is 422. The topological polar surface area (TPSA) is 32.3 Å². The number of halogens is 1. The van der Waals surface area contributed by atoms with Gasteiger partial charge in [0.1, 0.15) is 5.82 Å². The number of urea groups is 1. The van der Waals surface area contributed by atoms with Crippen LogP contribution >= 0.6 is 0 Å². The summed E-state index contributed by atoms with van der Waals surface area (Å²) in [4.78, 5) is 14.0. The van der Waals surface area contributed by atoms with Crippen LogP contribution in [0.25, 0.3) is 0 Å². The molecule has 1 aromatic carbocycles. The van der Waals surface area contributed by atoms with E-state index in [2.05, 4.69) is 12.2 Å². The Hall–Kier alpha value is -1.58. The summed E-state index contributed by atoms with van der Waals surface area (Å²) in [5, 5.41) is 2.76. The molecule has 0 bridgehead atoms. The lowest BCUT2D eigenvalue weighted by atomic mass is 10.0. The zero-order chi connectivity index (χ0) is 13.0. The van der Waals surface area contributed by atoms with Gasteiger partial charge in [-0.1, -0.05) is 13.0 Å². The van der Waals surface area contributed by atoms with E-state index in [1.54, 1.807) is 12.1 Å². The third-order valence-electron chi connectivity index (χ3n) is 3.44. The number of likely N-dealkylation sites (tertiary alicyclic amines) is 1. The van der Waals surface area contributed by atoms with E-state index >= 15 is 0 Å². The lowest BCUT2D eigenvalue weighted by Gasteiger charge is -2.35. The number of nitrogens with one attached hydrogen (secondary N) is 1. The highest BCUT2D eigenvalue weighted by Crippen LogP contribution is 2.20. The Kier molecular flexibility index (Phi) is 4.18. The van der Waals surface area contributed by atoms with Gasteiger partial charge in [0.15, 0.2) is 0 Å². The second-order valence-electron chi connectivity index (χ2n) is 4.69. The Labute approximate surface area is 107 Å². The summed E-state index contributed by atoms with van der Waals surface area (Å²) in [6, 6.07) is 6.19. The van der Waals surface area contributed by atoms with Gasteiger partial charge in [0, 0.05) is 18.3 Å². The molecule has 4 heteroatoms. The van der Waals surface area contributed by atoms with E-state index in [0.29, 0.717) is 11.7 Å². The van der Waals surface area contributed by atoms with Crippen molar-refractivity contribution in [3.05, 3.63) is 30.1 Å². The molecule has 1 aromatic rings. The summed E-state index contributed by atoms with van der Waals surface area (Å²) in [6.45, 7) is 2.89. The second kappa shape index (κ2) is 5.85. The predicted molar refractivity (Wildman–Crippen MR) is 70.1 cm³/mol. The molecule has 0 aromatic heterocycles. The van der Waals surface area contributed by atoms with Crippen LogP contribution in [0.5, 0.6) is 0 Å². The monoisotopic (exact) mass is 250 g/mol. The number of benzene rings is 1. The van der Waals surface area contributed by atoms with Crippen LogP contribution in [0.1, 0.15) is 32.6 Å². The van der Waals surface area contributed by atoms with Crippen LogP contribution in [-0.2, 0) is 0 Å². The predicted octanol–water partition coefficient (Wildman–Crippen LogP) is 3.62. The van der Waals surface area contributed by atoms with Crippen LogP contribution in [0.3, 0.4) is 0 Å². The number of amides is 2. The van der Waals surface area contributed by atoms with E-state index in [0.717, 1.165) is 25.8 Å². The van der Waals surface area contributed by atoms with Gasteiger partial charge in [-0.3, -0.25) is 0 Å². The number of hydrogen-bond acceptors (Lipinski definition) is 1. The molecule has 1 atom stereocenters. The molecule has 3 nitrogen and oxygen atoms in total. The van der Waals surface area contributed by atoms with Gasteiger partial charge in [0.05, 0.1) is 0 Å². The highest BCUT2D eigenvalue weighted by atomic mass is 19.1. The number of hydrogen-bond donors (Lipinski definition) is 1. The third kappa shape index (κ3) is 3.00. The van der Waals surface area contributed by atoms with Gasteiger partial charge in [0.2, 0.25) is 0 Å². The van der Waals surface area contributed by atoms with Crippen LogP contribution in [0, 0.1) is 5.82 Å². The number of carbonyl (C=O) groups is 1. The maximum absolute atomic E-state index is 13.0. The molecule has 1 aliphatic heterocycles. The molecular weight excluding hydrogens is 231 g/mol. The summed E-state index contributed by atoms with van der Waals surface area (Å²) in [5.74, 6) is -0.335. The minimum Gasteiger partial charge on any atom is -0.322 e. The molecule has 1 aliphatic rings. The lowest BCUT2D eigenvalue weighted by Crippen LogP contribution is -2.45. The van der Waals surface area contributed by atoms with Crippen LogP contribution in [-0.4, -0.2) is 23.5 Å². The van der Waals surface area contributed by atoms with Crippen molar-refractivity contribution in [2.75, 3.05) is 11.9 Å². The Morgan fingerprint density at radius 1 is 1.50 bits per heavy atom. The quantitative estimate of drug-likeness (QED) is 0.854. The average Bonchev–Trinajstić information content (AvgIpc) is 2.38. The normalized spacial score (nSPS) is 19.7. The second-order valence-corrected chi connectivity index (χ2v) is 4.69. The van der Waals surface area contributed by atoms with Crippen molar-refractivity contribution in [3.63, 3.8) is 0 Å². The summed E-state index contributed by atoms with van der Waals surface area (Å²) < 4.78 is 13.0. The molecule has 1 heterocycles. The minimum atomic E-state index is -0.335. The fraction of sp³-hybridized carbons (Fsp3) is 0.500. The van der Waals surface area contributed by atoms with Gasteiger partial charge < -0.3 is 10.2 Å². The molecule has 0 radical (unpaired) electrons. The van der Waals surface area contributed by atoms with Crippen molar-refractivity contribution >= 4 is 11.7 Å². The molecule has 0 aliphatic carbocycles. The third-order valence-corrected chi connectivity index (χ3v) is 3.44. The van der Waals surface area contributed by atoms with Crippen LogP contribution in [0.2, 0.25) is 0 Å². The summed E-state index contributed by atoms with van der Waals surface area (Å²) in [5.41, 5.74) is 0.514. The first kappa shape index (κ1) is 12.9. The number of nitrogens with zero attached hydrogens (tertiary/aromatic N) is 1. The first-order valence-corrected chi connectivity index (χ1v) is 6.54. The van der Waals surface area contributed by atoms with Crippen molar-refractivity contribution in [1.29, 1.82) is 0 Å². The van der Waals surface area contributed by atoms with Gasteiger partial charge in [-0.25, -0.2) is 9.18 Å². The first-order valence-electron chi connectivity index (χ1n) is 6.54. The summed E-state index contributed by atoms with van der Waals surface area (Å²) in [7, 11) is 0. The SMILES string of the molecule is CCC1CCCCN1C(=O)Nc1cccc(F)c1. The van der Waals surface area contributed by atoms with Crippen molar-refractivity contribution in [1.82, 2.24) is 4.90 Å². The van der Waals surface area contributed by atoms with Crippen LogP contribution < -0.4 is 5.32 Å². The fourth-order valence-electron chi connectivity index (χ4n) is 2.45. The minimum absolute atomic E-state index is 0.118. The van der Waals surface area contributed by atoms with Crippen molar-refractivity contribution < 1.29 is 9.18 Å². The van der Waals surface area contributed by atoms with Gasteiger partial charge in [0.25, 0.3) is 0 Å². The first-order chi connectivity index (χ1) is 8.70.